The number of para-hydroxylation sites is 1. The summed E-state index contributed by atoms with van der Waals surface area (Å²) < 4.78 is 5.11. The zero-order valence-corrected chi connectivity index (χ0v) is 12.7. The second-order valence-corrected chi connectivity index (χ2v) is 6.12. The molecule has 0 aromatic heterocycles. The second-order valence-electron chi connectivity index (χ2n) is 4.98. The molecule has 1 unspecified atom stereocenters. The monoisotopic (exact) mass is 299 g/mol. The topological polar surface area (TPSA) is 38.3 Å². The number of hydrogen-bond acceptors (Lipinski definition) is 4. The lowest BCUT2D eigenvalue weighted by Gasteiger charge is -2.37. The van der Waals surface area contributed by atoms with Gasteiger partial charge in [-0.05, 0) is 24.6 Å². The highest BCUT2D eigenvalue weighted by molar-refractivity contribution is 7.99. The van der Waals surface area contributed by atoms with E-state index in [4.69, 9.17) is 4.74 Å². The number of ether oxygens (including phenoxy) is 1. The van der Waals surface area contributed by atoms with Gasteiger partial charge in [-0.2, -0.15) is 0 Å². The second kappa shape index (κ2) is 5.82. The van der Waals surface area contributed by atoms with Crippen LogP contribution in [-0.2, 0) is 15.1 Å². The molecule has 0 radical (unpaired) electrons. The van der Waals surface area contributed by atoms with Crippen LogP contribution in [0.3, 0.4) is 0 Å². The molecule has 0 aliphatic carbocycles. The number of thioether (sulfide) groups is 1. The third kappa shape index (κ3) is 2.51. The van der Waals surface area contributed by atoms with Gasteiger partial charge in [0.2, 0.25) is 0 Å². The van der Waals surface area contributed by atoms with Crippen LogP contribution in [0.2, 0.25) is 0 Å². The van der Waals surface area contributed by atoms with E-state index >= 15 is 0 Å². The zero-order chi connectivity index (χ0) is 14.7. The van der Waals surface area contributed by atoms with Crippen LogP contribution in [0.1, 0.15) is 12.0 Å². The Morgan fingerprint density at radius 1 is 1.14 bits per heavy atom. The molecule has 4 heteroatoms. The van der Waals surface area contributed by atoms with E-state index < -0.39 is 5.54 Å². The van der Waals surface area contributed by atoms with E-state index in [0.29, 0.717) is 6.42 Å². The number of rotatable bonds is 3. The number of nitrogens with one attached hydrogen (secondary N) is 1. The molecule has 108 valence electrons. The highest BCUT2D eigenvalue weighted by atomic mass is 32.2. The third-order valence-corrected chi connectivity index (χ3v) is 4.82. The van der Waals surface area contributed by atoms with Gasteiger partial charge >= 0.3 is 5.97 Å². The Morgan fingerprint density at radius 3 is 2.62 bits per heavy atom. The van der Waals surface area contributed by atoms with Crippen molar-refractivity contribution in [3.05, 3.63) is 60.2 Å². The van der Waals surface area contributed by atoms with Crippen LogP contribution in [0.15, 0.2) is 59.5 Å². The Bertz CT molecular complexity index is 644. The smallest absolute Gasteiger partial charge is 0.336 e. The minimum absolute atomic E-state index is 0.237. The average molecular weight is 299 g/mol. The SMILES string of the molecule is COC(=O)C1(Nc2ccccc2)CCSc2ccccc21. The van der Waals surface area contributed by atoms with E-state index in [1.165, 1.54) is 7.11 Å². The molecular weight excluding hydrogens is 282 g/mol. The number of carbonyl (C=O) groups excluding carboxylic acids is 1. The third-order valence-electron chi connectivity index (χ3n) is 3.75. The fraction of sp³-hybridized carbons (Fsp3) is 0.235. The summed E-state index contributed by atoms with van der Waals surface area (Å²) in [6.45, 7) is 0. The molecule has 2 aromatic carbocycles. The van der Waals surface area contributed by atoms with Crippen molar-refractivity contribution in [3.63, 3.8) is 0 Å². The van der Waals surface area contributed by atoms with Gasteiger partial charge < -0.3 is 10.1 Å². The Morgan fingerprint density at radius 2 is 1.86 bits per heavy atom. The van der Waals surface area contributed by atoms with Gasteiger partial charge in [-0.3, -0.25) is 0 Å². The van der Waals surface area contributed by atoms with Gasteiger partial charge in [0.05, 0.1) is 7.11 Å². The summed E-state index contributed by atoms with van der Waals surface area (Å²) in [5.41, 5.74) is 1.11. The molecule has 0 amide bonds. The number of methoxy groups -OCH3 is 1. The van der Waals surface area contributed by atoms with Crippen LogP contribution < -0.4 is 5.32 Å². The Labute approximate surface area is 128 Å². The predicted molar refractivity (Wildman–Crippen MR) is 85.5 cm³/mol. The minimum atomic E-state index is -0.808. The fourth-order valence-corrected chi connectivity index (χ4v) is 3.93. The first-order chi connectivity index (χ1) is 10.3. The first-order valence-electron chi connectivity index (χ1n) is 6.90. The van der Waals surface area contributed by atoms with E-state index in [2.05, 4.69) is 11.4 Å². The van der Waals surface area contributed by atoms with E-state index in [0.717, 1.165) is 21.9 Å². The summed E-state index contributed by atoms with van der Waals surface area (Å²) in [5.74, 6) is 0.644. The predicted octanol–water partition coefficient (Wildman–Crippen LogP) is 3.66. The van der Waals surface area contributed by atoms with Crippen molar-refractivity contribution in [3.8, 4) is 0 Å². The number of hydrogen-bond donors (Lipinski definition) is 1. The average Bonchev–Trinajstić information content (AvgIpc) is 2.55. The summed E-state index contributed by atoms with van der Waals surface area (Å²) in [5, 5.41) is 3.41. The van der Waals surface area contributed by atoms with Crippen molar-refractivity contribution in [1.82, 2.24) is 0 Å². The van der Waals surface area contributed by atoms with Crippen molar-refractivity contribution in [1.29, 1.82) is 0 Å². The maximum atomic E-state index is 12.6. The first-order valence-corrected chi connectivity index (χ1v) is 7.89. The van der Waals surface area contributed by atoms with Crippen LogP contribution in [-0.4, -0.2) is 18.8 Å². The van der Waals surface area contributed by atoms with Crippen LogP contribution in [0.25, 0.3) is 0 Å². The molecule has 1 aliphatic heterocycles. The highest BCUT2D eigenvalue weighted by Crippen LogP contribution is 2.42. The lowest BCUT2D eigenvalue weighted by Crippen LogP contribution is -2.46. The maximum Gasteiger partial charge on any atom is 0.336 e. The Kier molecular flexibility index (Phi) is 3.88. The number of anilines is 1. The van der Waals surface area contributed by atoms with E-state index in [1.807, 2.05) is 48.5 Å². The van der Waals surface area contributed by atoms with Crippen molar-refractivity contribution in [2.75, 3.05) is 18.2 Å². The number of carbonyl (C=O) groups is 1. The normalized spacial score (nSPS) is 20.4. The van der Waals surface area contributed by atoms with Crippen molar-refractivity contribution in [2.24, 2.45) is 0 Å². The van der Waals surface area contributed by atoms with Gasteiger partial charge in [0.25, 0.3) is 0 Å². The molecule has 1 heterocycles. The fourth-order valence-electron chi connectivity index (χ4n) is 2.73. The standard InChI is InChI=1S/C17H17NO2S/c1-20-16(19)17(18-13-7-3-2-4-8-13)11-12-21-15-10-6-5-9-14(15)17/h2-10,18H,11-12H2,1H3. The summed E-state index contributed by atoms with van der Waals surface area (Å²) in [6, 6.07) is 17.8. The van der Waals surface area contributed by atoms with Crippen LogP contribution >= 0.6 is 11.8 Å². The molecule has 0 saturated carbocycles. The molecule has 3 nitrogen and oxygen atoms in total. The van der Waals surface area contributed by atoms with Gasteiger partial charge in [0.1, 0.15) is 0 Å². The Balaban J connectivity index is 2.09. The van der Waals surface area contributed by atoms with Gasteiger partial charge in [-0.25, -0.2) is 4.79 Å². The zero-order valence-electron chi connectivity index (χ0n) is 11.8. The molecular formula is C17H17NO2S. The molecule has 0 bridgehead atoms. The van der Waals surface area contributed by atoms with E-state index in [9.17, 15) is 4.79 Å². The van der Waals surface area contributed by atoms with Gasteiger partial charge in [0.15, 0.2) is 5.54 Å². The van der Waals surface area contributed by atoms with Crippen LogP contribution in [0.5, 0.6) is 0 Å². The molecule has 0 saturated heterocycles. The summed E-state index contributed by atoms with van der Waals surface area (Å²) in [4.78, 5) is 13.7. The quantitative estimate of drug-likeness (QED) is 0.878. The summed E-state index contributed by atoms with van der Waals surface area (Å²) in [7, 11) is 1.45. The van der Waals surface area contributed by atoms with Gasteiger partial charge in [-0.15, -0.1) is 11.8 Å². The van der Waals surface area contributed by atoms with Gasteiger partial charge in [-0.1, -0.05) is 36.4 Å². The summed E-state index contributed by atoms with van der Waals surface area (Å²) in [6.07, 6.45) is 0.705. The Hall–Kier alpha value is -1.94. The molecule has 1 atom stereocenters. The number of benzene rings is 2. The molecule has 2 aromatic rings. The highest BCUT2D eigenvalue weighted by Gasteiger charge is 2.44. The minimum Gasteiger partial charge on any atom is -0.467 e. The van der Waals surface area contributed by atoms with Crippen LogP contribution in [0.4, 0.5) is 5.69 Å². The maximum absolute atomic E-state index is 12.6. The molecule has 21 heavy (non-hydrogen) atoms. The van der Waals surface area contributed by atoms with Crippen molar-refractivity contribution >= 4 is 23.4 Å². The van der Waals surface area contributed by atoms with E-state index in [1.54, 1.807) is 11.8 Å². The van der Waals surface area contributed by atoms with Crippen LogP contribution in [0, 0.1) is 0 Å². The molecule has 1 N–H and O–H groups in total. The molecule has 0 fully saturated rings. The molecule has 1 aliphatic rings. The van der Waals surface area contributed by atoms with Crippen molar-refractivity contribution in [2.45, 2.75) is 16.9 Å². The van der Waals surface area contributed by atoms with Crippen molar-refractivity contribution < 1.29 is 9.53 Å². The summed E-state index contributed by atoms with van der Waals surface area (Å²) >= 11 is 1.78. The lowest BCUT2D eigenvalue weighted by atomic mass is 9.86. The largest absolute Gasteiger partial charge is 0.467 e. The number of esters is 1. The molecule has 0 spiro atoms. The lowest BCUT2D eigenvalue weighted by molar-refractivity contribution is -0.146. The van der Waals surface area contributed by atoms with E-state index in [-0.39, 0.29) is 5.97 Å². The first kappa shape index (κ1) is 14.0. The van der Waals surface area contributed by atoms with Gasteiger partial charge in [0, 0.05) is 21.9 Å². The number of fused-ring (bicyclic) bond motifs is 1. The molecule has 3 rings (SSSR count).